The molecule has 0 spiro atoms. The topological polar surface area (TPSA) is 55.5 Å². The summed E-state index contributed by atoms with van der Waals surface area (Å²) >= 11 is 3.18. The Labute approximate surface area is 129 Å². The lowest BCUT2D eigenvalue weighted by molar-refractivity contribution is -0.275. The van der Waals surface area contributed by atoms with Crippen molar-refractivity contribution in [2.75, 3.05) is 6.61 Å². The molecule has 116 valence electrons. The molecule has 0 heterocycles. The molecule has 0 aliphatic rings. The largest absolute Gasteiger partial charge is 0.573 e. The minimum atomic E-state index is -4.79. The molecule has 0 saturated heterocycles. The fourth-order valence-electron chi connectivity index (χ4n) is 1.50. The average Bonchev–Trinajstić information content (AvgIpc) is 2.29. The second kappa shape index (κ2) is 6.98. The monoisotopic (exact) mass is 377 g/mol. The van der Waals surface area contributed by atoms with E-state index in [4.69, 9.17) is 5.73 Å². The fraction of sp³-hybridized carbons (Fsp3) is 0.500. The van der Waals surface area contributed by atoms with Crippen molar-refractivity contribution in [2.24, 2.45) is 11.1 Å². The van der Waals surface area contributed by atoms with Gasteiger partial charge in [0.2, 0.25) is 0 Å². The van der Waals surface area contributed by atoms with Gasteiger partial charge in [-0.15, -0.1) is 25.6 Å². The molecule has 0 aliphatic carbocycles. The zero-order valence-electron chi connectivity index (χ0n) is 10.9. The molecule has 0 fully saturated rings. The highest BCUT2D eigenvalue weighted by molar-refractivity contribution is 9.10. The van der Waals surface area contributed by atoms with Gasteiger partial charge in [0.05, 0.1) is 0 Å². The van der Waals surface area contributed by atoms with Crippen LogP contribution in [0.5, 0.6) is 5.75 Å². The molecule has 0 aromatic heterocycles. The Morgan fingerprint density at radius 3 is 2.35 bits per heavy atom. The summed E-state index contributed by atoms with van der Waals surface area (Å²) in [5.74, 6) is -0.357. The zero-order valence-corrected chi connectivity index (χ0v) is 13.3. The van der Waals surface area contributed by atoms with Crippen LogP contribution >= 0.6 is 28.3 Å². The Kier molecular flexibility index (Phi) is 6.80. The maximum atomic E-state index is 12.3. The van der Waals surface area contributed by atoms with Gasteiger partial charge < -0.3 is 15.6 Å². The van der Waals surface area contributed by atoms with Crippen LogP contribution in [0.3, 0.4) is 0 Å². The van der Waals surface area contributed by atoms with Gasteiger partial charge in [-0.1, -0.05) is 29.8 Å². The third-order valence-electron chi connectivity index (χ3n) is 2.78. The summed E-state index contributed by atoms with van der Waals surface area (Å²) in [4.78, 5) is 0. The Balaban J connectivity index is 0.00000361. The number of aliphatic hydroxyl groups is 1. The fourth-order valence-corrected chi connectivity index (χ4v) is 1.88. The molecular formula is C12H16BrClF3NO2. The van der Waals surface area contributed by atoms with Crippen molar-refractivity contribution >= 4 is 28.3 Å². The van der Waals surface area contributed by atoms with Gasteiger partial charge in [0.15, 0.2) is 0 Å². The van der Waals surface area contributed by atoms with Crippen LogP contribution in [-0.4, -0.2) is 18.1 Å². The van der Waals surface area contributed by atoms with Gasteiger partial charge in [-0.2, -0.15) is 0 Å². The van der Waals surface area contributed by atoms with E-state index in [9.17, 15) is 18.3 Å². The first kappa shape index (κ1) is 19.5. The van der Waals surface area contributed by atoms with Gasteiger partial charge in [0.25, 0.3) is 0 Å². The quantitative estimate of drug-likeness (QED) is 0.838. The summed E-state index contributed by atoms with van der Waals surface area (Å²) in [6.45, 7) is 3.07. The molecule has 1 atom stereocenters. The lowest BCUT2D eigenvalue weighted by Crippen LogP contribution is -2.33. The van der Waals surface area contributed by atoms with Gasteiger partial charge in [0.1, 0.15) is 5.75 Å². The van der Waals surface area contributed by atoms with Crippen molar-refractivity contribution in [3.63, 3.8) is 0 Å². The number of aliphatic hydroxyl groups excluding tert-OH is 1. The smallest absolute Gasteiger partial charge is 0.405 e. The standard InChI is InChI=1S/C12H15BrF3NO2.ClH/c1-11(2,6-18)10(17)8-5-7(13)3-4-9(8)19-12(14,15)16;/h3-5,10,18H,6,17H2,1-2H3;1H/t10-;/m1./s1. The van der Waals surface area contributed by atoms with Gasteiger partial charge in [-0.05, 0) is 18.2 Å². The average molecular weight is 379 g/mol. The SMILES string of the molecule is CC(C)(CO)[C@H](N)c1cc(Br)ccc1OC(F)(F)F.Cl. The minimum Gasteiger partial charge on any atom is -0.405 e. The molecule has 1 aromatic rings. The Morgan fingerprint density at radius 2 is 1.90 bits per heavy atom. The molecule has 8 heteroatoms. The molecule has 1 aromatic carbocycles. The molecule has 3 nitrogen and oxygen atoms in total. The maximum absolute atomic E-state index is 12.3. The summed E-state index contributed by atoms with van der Waals surface area (Å²) in [5, 5.41) is 9.26. The summed E-state index contributed by atoms with van der Waals surface area (Å²) in [6, 6.07) is 3.29. The Bertz CT molecular complexity index is 455. The van der Waals surface area contributed by atoms with Crippen molar-refractivity contribution in [1.29, 1.82) is 0 Å². The predicted octanol–water partition coefficient (Wildman–Crippen LogP) is 3.79. The first-order chi connectivity index (χ1) is 8.57. The van der Waals surface area contributed by atoms with Gasteiger partial charge >= 0.3 is 6.36 Å². The van der Waals surface area contributed by atoms with E-state index >= 15 is 0 Å². The molecule has 20 heavy (non-hydrogen) atoms. The van der Waals surface area contributed by atoms with Crippen LogP contribution in [0.2, 0.25) is 0 Å². The highest BCUT2D eigenvalue weighted by atomic mass is 79.9. The van der Waals surface area contributed by atoms with Gasteiger partial charge in [-0.3, -0.25) is 0 Å². The van der Waals surface area contributed by atoms with Crippen LogP contribution in [0.4, 0.5) is 13.2 Å². The second-order valence-electron chi connectivity index (χ2n) is 4.85. The number of hydrogen-bond donors (Lipinski definition) is 2. The molecule has 0 bridgehead atoms. The van der Waals surface area contributed by atoms with Crippen molar-refractivity contribution in [2.45, 2.75) is 26.3 Å². The van der Waals surface area contributed by atoms with Crippen LogP contribution in [0.15, 0.2) is 22.7 Å². The molecule has 3 N–H and O–H groups in total. The third-order valence-corrected chi connectivity index (χ3v) is 3.28. The van der Waals surface area contributed by atoms with E-state index in [1.807, 2.05) is 0 Å². The van der Waals surface area contributed by atoms with Crippen LogP contribution in [0.1, 0.15) is 25.5 Å². The Hall–Kier alpha value is -0.500. The minimum absolute atomic E-state index is 0. The molecule has 0 unspecified atom stereocenters. The first-order valence-corrected chi connectivity index (χ1v) is 6.28. The third kappa shape index (κ3) is 5.12. The van der Waals surface area contributed by atoms with E-state index in [1.165, 1.54) is 18.2 Å². The predicted molar refractivity (Wildman–Crippen MR) is 75.9 cm³/mol. The number of alkyl halides is 3. The number of benzene rings is 1. The van der Waals surface area contributed by atoms with E-state index in [2.05, 4.69) is 20.7 Å². The summed E-state index contributed by atoms with van der Waals surface area (Å²) in [5.41, 5.74) is 5.36. The molecule has 1 rings (SSSR count). The van der Waals surface area contributed by atoms with Crippen molar-refractivity contribution in [3.05, 3.63) is 28.2 Å². The summed E-state index contributed by atoms with van der Waals surface area (Å²) < 4.78 is 41.6. The summed E-state index contributed by atoms with van der Waals surface area (Å²) in [7, 11) is 0. The van der Waals surface area contributed by atoms with Crippen LogP contribution in [0, 0.1) is 5.41 Å². The van der Waals surface area contributed by atoms with Crippen LogP contribution < -0.4 is 10.5 Å². The van der Waals surface area contributed by atoms with Crippen molar-refractivity contribution in [3.8, 4) is 5.75 Å². The van der Waals surface area contributed by atoms with E-state index < -0.39 is 17.8 Å². The molecule has 0 aliphatic heterocycles. The number of rotatable bonds is 4. The van der Waals surface area contributed by atoms with Gasteiger partial charge in [-0.25, -0.2) is 0 Å². The lowest BCUT2D eigenvalue weighted by Gasteiger charge is -2.31. The number of nitrogens with two attached hydrogens (primary N) is 1. The van der Waals surface area contributed by atoms with E-state index in [0.717, 1.165) is 0 Å². The lowest BCUT2D eigenvalue weighted by atomic mass is 9.81. The molecular weight excluding hydrogens is 362 g/mol. The first-order valence-electron chi connectivity index (χ1n) is 5.48. The van der Waals surface area contributed by atoms with Crippen LogP contribution in [0.25, 0.3) is 0 Å². The Morgan fingerprint density at radius 1 is 1.35 bits per heavy atom. The number of halogens is 5. The van der Waals surface area contributed by atoms with Gasteiger partial charge in [0, 0.05) is 28.1 Å². The van der Waals surface area contributed by atoms with Crippen molar-refractivity contribution < 1.29 is 23.0 Å². The van der Waals surface area contributed by atoms with E-state index in [-0.39, 0.29) is 30.3 Å². The highest BCUT2D eigenvalue weighted by Crippen LogP contribution is 2.38. The van der Waals surface area contributed by atoms with E-state index in [0.29, 0.717) is 4.47 Å². The normalized spacial score (nSPS) is 13.6. The van der Waals surface area contributed by atoms with Crippen LogP contribution in [-0.2, 0) is 0 Å². The molecule has 0 saturated carbocycles. The maximum Gasteiger partial charge on any atom is 0.573 e. The van der Waals surface area contributed by atoms with E-state index in [1.54, 1.807) is 13.8 Å². The second-order valence-corrected chi connectivity index (χ2v) is 5.77. The molecule has 0 radical (unpaired) electrons. The highest BCUT2D eigenvalue weighted by Gasteiger charge is 2.35. The molecule has 0 amide bonds. The number of hydrogen-bond acceptors (Lipinski definition) is 3. The van der Waals surface area contributed by atoms with Crippen molar-refractivity contribution in [1.82, 2.24) is 0 Å². The number of ether oxygens (including phenoxy) is 1. The summed E-state index contributed by atoms with van der Waals surface area (Å²) in [6.07, 6.45) is -4.79. The zero-order chi connectivity index (χ0) is 14.8.